The Morgan fingerprint density at radius 3 is 2.61 bits per heavy atom. The standard InChI is InChI=1S/C14H23N3O/c1-9-6-13(2,3)8-14(7-9)11(18)16-12(17-14)15-10-4-5-10/h9-10H,4-8H2,1-3H3,(H2,15,16,17,18). The highest BCUT2D eigenvalue weighted by molar-refractivity contribution is 6.09. The number of hydrogen-bond donors (Lipinski definition) is 2. The topological polar surface area (TPSA) is 53.5 Å². The van der Waals surface area contributed by atoms with E-state index in [4.69, 9.17) is 0 Å². The van der Waals surface area contributed by atoms with Gasteiger partial charge >= 0.3 is 0 Å². The Hall–Kier alpha value is -1.06. The summed E-state index contributed by atoms with van der Waals surface area (Å²) in [6.45, 7) is 6.76. The van der Waals surface area contributed by atoms with Crippen LogP contribution in [-0.2, 0) is 4.79 Å². The first kappa shape index (κ1) is 12.0. The average Bonchev–Trinajstić information content (AvgIpc) is 2.92. The van der Waals surface area contributed by atoms with Gasteiger partial charge in [0.1, 0.15) is 5.54 Å². The molecule has 1 amide bonds. The Bertz CT molecular complexity index is 411. The number of guanidine groups is 1. The normalized spacial score (nSPS) is 40.9. The monoisotopic (exact) mass is 249 g/mol. The van der Waals surface area contributed by atoms with Crippen molar-refractivity contribution in [3.63, 3.8) is 0 Å². The van der Waals surface area contributed by atoms with Crippen molar-refractivity contribution in [2.45, 2.75) is 64.5 Å². The first-order chi connectivity index (χ1) is 8.39. The summed E-state index contributed by atoms with van der Waals surface area (Å²) in [6.07, 6.45) is 5.34. The van der Waals surface area contributed by atoms with Gasteiger partial charge in [0, 0.05) is 0 Å². The molecule has 2 N–H and O–H groups in total. The lowest BCUT2D eigenvalue weighted by atomic mass is 9.64. The van der Waals surface area contributed by atoms with Gasteiger partial charge in [-0.25, -0.2) is 4.99 Å². The minimum atomic E-state index is -0.408. The van der Waals surface area contributed by atoms with E-state index in [1.165, 1.54) is 6.42 Å². The first-order valence-electron chi connectivity index (χ1n) is 7.06. The van der Waals surface area contributed by atoms with Gasteiger partial charge in [0.05, 0.1) is 6.04 Å². The number of nitrogens with zero attached hydrogens (tertiary/aromatic N) is 1. The van der Waals surface area contributed by atoms with Crippen LogP contribution in [-0.4, -0.2) is 23.4 Å². The Morgan fingerprint density at radius 1 is 1.28 bits per heavy atom. The van der Waals surface area contributed by atoms with E-state index in [2.05, 4.69) is 36.4 Å². The number of nitrogens with one attached hydrogen (secondary N) is 2. The van der Waals surface area contributed by atoms with Crippen LogP contribution in [0.25, 0.3) is 0 Å². The molecule has 18 heavy (non-hydrogen) atoms. The molecule has 0 bridgehead atoms. The molecule has 1 saturated heterocycles. The van der Waals surface area contributed by atoms with Gasteiger partial charge in [-0.15, -0.1) is 0 Å². The van der Waals surface area contributed by atoms with Crippen molar-refractivity contribution in [2.24, 2.45) is 16.3 Å². The van der Waals surface area contributed by atoms with Gasteiger partial charge in [0.15, 0.2) is 5.96 Å². The summed E-state index contributed by atoms with van der Waals surface area (Å²) < 4.78 is 0. The highest BCUT2D eigenvalue weighted by Gasteiger charge is 2.52. The van der Waals surface area contributed by atoms with E-state index in [9.17, 15) is 4.79 Å². The molecule has 2 aliphatic carbocycles. The molecule has 3 rings (SSSR count). The molecule has 0 aromatic rings. The maximum Gasteiger partial charge on any atom is 0.252 e. The minimum absolute atomic E-state index is 0.126. The Labute approximate surface area is 109 Å². The molecule has 1 aliphatic heterocycles. The Balaban J connectivity index is 1.83. The molecule has 4 nitrogen and oxygen atoms in total. The van der Waals surface area contributed by atoms with E-state index < -0.39 is 5.54 Å². The second-order valence-corrected chi connectivity index (χ2v) is 7.22. The first-order valence-corrected chi connectivity index (χ1v) is 7.06. The highest BCUT2D eigenvalue weighted by atomic mass is 16.2. The zero-order valence-electron chi connectivity index (χ0n) is 11.5. The van der Waals surface area contributed by atoms with E-state index in [1.54, 1.807) is 0 Å². The molecule has 0 aromatic carbocycles. The van der Waals surface area contributed by atoms with Crippen LogP contribution in [0.5, 0.6) is 0 Å². The molecule has 2 unspecified atom stereocenters. The van der Waals surface area contributed by atoms with Crippen molar-refractivity contribution in [1.29, 1.82) is 0 Å². The van der Waals surface area contributed by atoms with Crippen LogP contribution in [0, 0.1) is 11.3 Å². The molecule has 4 heteroatoms. The summed E-state index contributed by atoms with van der Waals surface area (Å²) in [5, 5.41) is 6.35. The van der Waals surface area contributed by atoms with E-state index >= 15 is 0 Å². The number of aliphatic imine (C=N–C) groups is 1. The molecule has 2 atom stereocenters. The summed E-state index contributed by atoms with van der Waals surface area (Å²) in [5.74, 6) is 1.42. The second-order valence-electron chi connectivity index (χ2n) is 7.22. The second kappa shape index (κ2) is 3.72. The summed E-state index contributed by atoms with van der Waals surface area (Å²) in [5.41, 5.74) is -0.189. The molecule has 2 saturated carbocycles. The van der Waals surface area contributed by atoms with Crippen molar-refractivity contribution in [3.8, 4) is 0 Å². The summed E-state index contributed by atoms with van der Waals surface area (Å²) in [7, 11) is 0. The van der Waals surface area contributed by atoms with Crippen molar-refractivity contribution in [2.75, 3.05) is 0 Å². The minimum Gasteiger partial charge on any atom is -0.342 e. The van der Waals surface area contributed by atoms with Crippen LogP contribution in [0.3, 0.4) is 0 Å². The molecular formula is C14H23N3O. The maximum atomic E-state index is 12.3. The third kappa shape index (κ3) is 2.13. The predicted molar refractivity (Wildman–Crippen MR) is 71.3 cm³/mol. The fourth-order valence-electron chi connectivity index (χ4n) is 3.83. The smallest absolute Gasteiger partial charge is 0.252 e. The van der Waals surface area contributed by atoms with Crippen molar-refractivity contribution in [1.82, 2.24) is 10.6 Å². The fraction of sp³-hybridized carbons (Fsp3) is 0.857. The van der Waals surface area contributed by atoms with Crippen LogP contribution in [0.4, 0.5) is 0 Å². The lowest BCUT2D eigenvalue weighted by molar-refractivity contribution is -0.127. The van der Waals surface area contributed by atoms with Crippen molar-refractivity contribution in [3.05, 3.63) is 0 Å². The highest BCUT2D eigenvalue weighted by Crippen LogP contribution is 2.45. The van der Waals surface area contributed by atoms with Gasteiger partial charge in [-0.05, 0) is 43.4 Å². The molecular weight excluding hydrogens is 226 g/mol. The predicted octanol–water partition coefficient (Wildman–Crippen LogP) is 1.81. The van der Waals surface area contributed by atoms with Crippen molar-refractivity contribution >= 4 is 11.9 Å². The van der Waals surface area contributed by atoms with Crippen molar-refractivity contribution < 1.29 is 4.79 Å². The Kier molecular flexibility index (Phi) is 2.48. The molecule has 1 heterocycles. The lowest BCUT2D eigenvalue weighted by Gasteiger charge is -2.43. The van der Waals surface area contributed by atoms with Crippen LogP contribution in [0.15, 0.2) is 4.99 Å². The number of hydrogen-bond acceptors (Lipinski definition) is 2. The molecule has 100 valence electrons. The van der Waals surface area contributed by atoms with E-state index in [-0.39, 0.29) is 11.3 Å². The number of amides is 1. The lowest BCUT2D eigenvalue weighted by Crippen LogP contribution is -2.54. The summed E-state index contributed by atoms with van der Waals surface area (Å²) >= 11 is 0. The van der Waals surface area contributed by atoms with Crippen LogP contribution in [0.1, 0.15) is 52.9 Å². The zero-order chi connectivity index (χ0) is 13.0. The van der Waals surface area contributed by atoms with E-state index in [1.807, 2.05) is 0 Å². The van der Waals surface area contributed by atoms with Gasteiger partial charge in [-0.3, -0.25) is 10.1 Å². The number of rotatable bonds is 1. The molecule has 0 aromatic heterocycles. The maximum absolute atomic E-state index is 12.3. The average molecular weight is 249 g/mol. The van der Waals surface area contributed by atoms with E-state index in [0.717, 1.165) is 25.7 Å². The van der Waals surface area contributed by atoms with Crippen LogP contribution in [0.2, 0.25) is 0 Å². The molecule has 3 aliphatic rings. The van der Waals surface area contributed by atoms with Gasteiger partial charge in [-0.1, -0.05) is 20.8 Å². The van der Waals surface area contributed by atoms with Gasteiger partial charge in [-0.2, -0.15) is 0 Å². The fourth-order valence-corrected chi connectivity index (χ4v) is 3.83. The zero-order valence-corrected chi connectivity index (χ0v) is 11.5. The number of carbonyl (C=O) groups is 1. The third-order valence-electron chi connectivity index (χ3n) is 4.26. The molecule has 1 spiro atoms. The van der Waals surface area contributed by atoms with E-state index in [0.29, 0.717) is 17.9 Å². The third-order valence-corrected chi connectivity index (χ3v) is 4.26. The molecule has 3 fully saturated rings. The largest absolute Gasteiger partial charge is 0.342 e. The summed E-state index contributed by atoms with van der Waals surface area (Å²) in [4.78, 5) is 16.9. The van der Waals surface area contributed by atoms with Gasteiger partial charge in [0.2, 0.25) is 0 Å². The number of carbonyl (C=O) groups excluding carboxylic acids is 1. The van der Waals surface area contributed by atoms with Gasteiger partial charge < -0.3 is 5.32 Å². The quantitative estimate of drug-likeness (QED) is 0.744. The van der Waals surface area contributed by atoms with Gasteiger partial charge in [0.25, 0.3) is 5.91 Å². The summed E-state index contributed by atoms with van der Waals surface area (Å²) in [6, 6.07) is 0.442. The Morgan fingerprint density at radius 2 is 2.00 bits per heavy atom. The molecule has 0 radical (unpaired) electrons. The SMILES string of the molecule is CC1CC(C)(C)CC2(C1)NC(=NC1CC1)NC2=O. The van der Waals surface area contributed by atoms with Crippen LogP contribution >= 0.6 is 0 Å². The van der Waals surface area contributed by atoms with Crippen LogP contribution < -0.4 is 10.6 Å².